The van der Waals surface area contributed by atoms with Gasteiger partial charge in [0.25, 0.3) is 0 Å². The van der Waals surface area contributed by atoms with E-state index in [4.69, 9.17) is 0 Å². The molecule has 0 spiro atoms. The molecule has 7 nitrogen and oxygen atoms in total. The zero-order valence-corrected chi connectivity index (χ0v) is 12.2. The van der Waals surface area contributed by atoms with Crippen molar-refractivity contribution in [2.75, 3.05) is 11.9 Å². The number of aryl methyl sites for hydroxylation is 1. The molecule has 2 unspecified atom stereocenters. The number of anilines is 1. The second-order valence-electron chi connectivity index (χ2n) is 5.72. The molecule has 0 radical (unpaired) electrons. The Kier molecular flexibility index (Phi) is 4.27. The standard InChI is InChI=1S/C13H22N4O3/c1-8(2)16-13(12(17(19)20)9(3)15-16)14-7-10-5-4-6-11(10)18/h8,10-11,14,18H,4-7H2,1-3H3. The summed E-state index contributed by atoms with van der Waals surface area (Å²) < 4.78 is 1.65. The lowest BCUT2D eigenvalue weighted by Gasteiger charge is -2.17. The molecule has 0 saturated heterocycles. The molecule has 0 aliphatic heterocycles. The molecular formula is C13H22N4O3. The minimum Gasteiger partial charge on any atom is -0.393 e. The van der Waals surface area contributed by atoms with Crippen molar-refractivity contribution in [2.24, 2.45) is 5.92 Å². The maximum atomic E-state index is 11.2. The van der Waals surface area contributed by atoms with Crippen LogP contribution in [0, 0.1) is 23.0 Å². The lowest BCUT2D eigenvalue weighted by Crippen LogP contribution is -2.23. The number of aliphatic hydroxyl groups excluding tert-OH is 1. The molecule has 1 aliphatic carbocycles. The topological polar surface area (TPSA) is 93.2 Å². The molecule has 1 heterocycles. The van der Waals surface area contributed by atoms with Gasteiger partial charge < -0.3 is 10.4 Å². The van der Waals surface area contributed by atoms with Crippen molar-refractivity contribution >= 4 is 11.5 Å². The fourth-order valence-corrected chi connectivity index (χ4v) is 2.78. The Morgan fingerprint density at radius 2 is 2.25 bits per heavy atom. The van der Waals surface area contributed by atoms with Crippen LogP contribution in [0.25, 0.3) is 0 Å². The van der Waals surface area contributed by atoms with Crippen LogP contribution in [0.3, 0.4) is 0 Å². The highest BCUT2D eigenvalue weighted by Gasteiger charge is 2.29. The van der Waals surface area contributed by atoms with E-state index in [0.717, 1.165) is 19.3 Å². The highest BCUT2D eigenvalue weighted by Crippen LogP contribution is 2.32. The Balaban J connectivity index is 2.22. The first-order valence-corrected chi connectivity index (χ1v) is 7.07. The third kappa shape index (κ3) is 2.77. The maximum Gasteiger partial charge on any atom is 0.333 e. The molecule has 0 aromatic carbocycles. The number of aliphatic hydroxyl groups is 1. The van der Waals surface area contributed by atoms with Gasteiger partial charge in [0.05, 0.1) is 11.0 Å². The van der Waals surface area contributed by atoms with Crippen LogP contribution in [-0.4, -0.2) is 32.5 Å². The second kappa shape index (κ2) is 5.78. The van der Waals surface area contributed by atoms with E-state index in [1.165, 1.54) is 0 Å². The molecular weight excluding hydrogens is 260 g/mol. The lowest BCUT2D eigenvalue weighted by molar-refractivity contribution is -0.384. The van der Waals surface area contributed by atoms with E-state index in [2.05, 4.69) is 10.4 Å². The minimum absolute atomic E-state index is 0.0335. The summed E-state index contributed by atoms with van der Waals surface area (Å²) in [5.74, 6) is 0.604. The van der Waals surface area contributed by atoms with Crippen LogP contribution in [0.2, 0.25) is 0 Å². The summed E-state index contributed by atoms with van der Waals surface area (Å²) in [5, 5.41) is 28.4. The van der Waals surface area contributed by atoms with Crippen molar-refractivity contribution in [2.45, 2.75) is 52.2 Å². The van der Waals surface area contributed by atoms with Gasteiger partial charge >= 0.3 is 5.69 Å². The normalized spacial score (nSPS) is 22.4. The molecule has 1 fully saturated rings. The van der Waals surface area contributed by atoms with Gasteiger partial charge in [-0.2, -0.15) is 5.10 Å². The first-order valence-electron chi connectivity index (χ1n) is 7.07. The third-order valence-electron chi connectivity index (χ3n) is 3.88. The summed E-state index contributed by atoms with van der Waals surface area (Å²) in [6.07, 6.45) is 2.48. The average Bonchev–Trinajstić information content (AvgIpc) is 2.90. The van der Waals surface area contributed by atoms with Crippen LogP contribution in [0.5, 0.6) is 0 Å². The molecule has 1 aliphatic rings. The molecule has 2 rings (SSSR count). The Morgan fingerprint density at radius 1 is 1.55 bits per heavy atom. The monoisotopic (exact) mass is 282 g/mol. The van der Waals surface area contributed by atoms with E-state index in [-0.39, 0.29) is 23.8 Å². The highest BCUT2D eigenvalue weighted by atomic mass is 16.6. The van der Waals surface area contributed by atoms with Crippen LogP contribution in [0.4, 0.5) is 11.5 Å². The smallest absolute Gasteiger partial charge is 0.333 e. The largest absolute Gasteiger partial charge is 0.393 e. The van der Waals surface area contributed by atoms with Crippen LogP contribution in [0.15, 0.2) is 0 Å². The van der Waals surface area contributed by atoms with Gasteiger partial charge in [-0.05, 0) is 33.6 Å². The second-order valence-corrected chi connectivity index (χ2v) is 5.72. The van der Waals surface area contributed by atoms with Gasteiger partial charge in [0.2, 0.25) is 5.82 Å². The molecule has 20 heavy (non-hydrogen) atoms. The minimum atomic E-state index is -0.394. The molecule has 2 atom stereocenters. The molecule has 112 valence electrons. The van der Waals surface area contributed by atoms with Gasteiger partial charge in [0.1, 0.15) is 5.69 Å². The fourth-order valence-electron chi connectivity index (χ4n) is 2.78. The van der Waals surface area contributed by atoms with E-state index >= 15 is 0 Å². The van der Waals surface area contributed by atoms with Crippen molar-refractivity contribution in [3.8, 4) is 0 Å². The average molecular weight is 282 g/mol. The molecule has 0 bridgehead atoms. The van der Waals surface area contributed by atoms with E-state index < -0.39 is 4.92 Å². The molecule has 1 saturated carbocycles. The quantitative estimate of drug-likeness (QED) is 0.638. The van der Waals surface area contributed by atoms with Crippen molar-refractivity contribution in [1.29, 1.82) is 0 Å². The van der Waals surface area contributed by atoms with Gasteiger partial charge in [0, 0.05) is 18.5 Å². The number of nitro groups is 1. The van der Waals surface area contributed by atoms with Crippen LogP contribution in [0.1, 0.15) is 44.8 Å². The van der Waals surface area contributed by atoms with Gasteiger partial charge in [0.15, 0.2) is 0 Å². The summed E-state index contributed by atoms with van der Waals surface area (Å²) in [6.45, 7) is 6.06. The van der Waals surface area contributed by atoms with E-state index in [1.54, 1.807) is 11.6 Å². The first kappa shape index (κ1) is 14.8. The summed E-state index contributed by atoms with van der Waals surface area (Å²) >= 11 is 0. The zero-order chi connectivity index (χ0) is 14.9. The molecule has 0 amide bonds. The summed E-state index contributed by atoms with van der Waals surface area (Å²) in [5.41, 5.74) is 0.448. The third-order valence-corrected chi connectivity index (χ3v) is 3.88. The number of rotatable bonds is 5. The van der Waals surface area contributed by atoms with E-state index in [0.29, 0.717) is 18.1 Å². The van der Waals surface area contributed by atoms with Gasteiger partial charge in [-0.15, -0.1) is 0 Å². The summed E-state index contributed by atoms with van der Waals surface area (Å²) in [4.78, 5) is 10.8. The molecule has 1 aromatic heterocycles. The van der Waals surface area contributed by atoms with Crippen molar-refractivity contribution < 1.29 is 10.0 Å². The molecule has 1 aromatic rings. The Morgan fingerprint density at radius 3 is 2.75 bits per heavy atom. The van der Waals surface area contributed by atoms with Gasteiger partial charge in [-0.3, -0.25) is 10.1 Å². The Bertz CT molecular complexity index is 498. The van der Waals surface area contributed by atoms with Crippen LogP contribution < -0.4 is 5.32 Å². The maximum absolute atomic E-state index is 11.2. The molecule has 2 N–H and O–H groups in total. The Labute approximate surface area is 118 Å². The van der Waals surface area contributed by atoms with Crippen molar-refractivity contribution in [1.82, 2.24) is 9.78 Å². The van der Waals surface area contributed by atoms with Gasteiger partial charge in [-0.1, -0.05) is 6.42 Å². The van der Waals surface area contributed by atoms with E-state index in [1.807, 2.05) is 13.8 Å². The number of nitrogens with zero attached hydrogens (tertiary/aromatic N) is 3. The van der Waals surface area contributed by atoms with Crippen LogP contribution >= 0.6 is 0 Å². The zero-order valence-electron chi connectivity index (χ0n) is 12.2. The van der Waals surface area contributed by atoms with Crippen LogP contribution in [-0.2, 0) is 0 Å². The summed E-state index contributed by atoms with van der Waals surface area (Å²) in [6, 6.07) is 0.0402. The number of hydrogen-bond donors (Lipinski definition) is 2. The fraction of sp³-hybridized carbons (Fsp3) is 0.769. The number of hydrogen-bond acceptors (Lipinski definition) is 5. The SMILES string of the molecule is Cc1nn(C(C)C)c(NCC2CCCC2O)c1[N+](=O)[O-]. The first-order chi connectivity index (χ1) is 9.41. The predicted octanol–water partition coefficient (Wildman–Crippen LogP) is 2.25. The molecule has 7 heteroatoms. The number of aromatic nitrogens is 2. The predicted molar refractivity (Wildman–Crippen MR) is 75.8 cm³/mol. The van der Waals surface area contributed by atoms with Gasteiger partial charge in [-0.25, -0.2) is 4.68 Å². The number of nitrogens with one attached hydrogen (secondary N) is 1. The Hall–Kier alpha value is -1.63. The summed E-state index contributed by atoms with van der Waals surface area (Å²) in [7, 11) is 0. The highest BCUT2D eigenvalue weighted by molar-refractivity contribution is 5.59. The lowest BCUT2D eigenvalue weighted by atomic mass is 10.1. The van der Waals surface area contributed by atoms with Crippen molar-refractivity contribution in [3.05, 3.63) is 15.8 Å². The van der Waals surface area contributed by atoms with Crippen molar-refractivity contribution in [3.63, 3.8) is 0 Å². The van der Waals surface area contributed by atoms with E-state index in [9.17, 15) is 15.2 Å².